The van der Waals surface area contributed by atoms with Gasteiger partial charge in [-0.05, 0) is 38.3 Å². The number of nitro benzene ring substituents is 1. The Morgan fingerprint density at radius 2 is 1.76 bits per heavy atom. The maximum absolute atomic E-state index is 12.7. The van der Waals surface area contributed by atoms with Crippen molar-refractivity contribution in [3.63, 3.8) is 0 Å². The molecule has 2 N–H and O–H groups in total. The summed E-state index contributed by atoms with van der Waals surface area (Å²) < 4.78 is 25.5. The number of amides is 2. The average molecular weight is 534 g/mol. The van der Waals surface area contributed by atoms with Crippen LogP contribution in [-0.4, -0.2) is 54.0 Å². The van der Waals surface area contributed by atoms with Gasteiger partial charge in [0.1, 0.15) is 18.3 Å². The van der Waals surface area contributed by atoms with E-state index in [0.717, 1.165) is 38.5 Å². The van der Waals surface area contributed by atoms with E-state index < -0.39 is 29.1 Å². The first-order chi connectivity index (χ1) is 18.4. The van der Waals surface area contributed by atoms with E-state index in [0.29, 0.717) is 12.3 Å². The minimum absolute atomic E-state index is 0.0353. The molecule has 1 aliphatic carbocycles. The Labute approximate surface area is 225 Å². The Kier molecular flexibility index (Phi) is 10.3. The molecule has 2 amide bonds. The van der Waals surface area contributed by atoms with Crippen molar-refractivity contribution in [2.75, 3.05) is 11.9 Å². The lowest BCUT2D eigenvalue weighted by Crippen LogP contribution is -2.50. The van der Waals surface area contributed by atoms with Crippen LogP contribution in [0.1, 0.15) is 90.9 Å². The summed E-state index contributed by atoms with van der Waals surface area (Å²) in [5.74, 6) is -0.580. The number of fused-ring (bicyclic) bond motifs is 1. The van der Waals surface area contributed by atoms with Crippen molar-refractivity contribution in [3.05, 3.63) is 34.4 Å². The largest absolute Gasteiger partial charge is 0.372 e. The second kappa shape index (κ2) is 13.7. The van der Waals surface area contributed by atoms with Gasteiger partial charge in [0, 0.05) is 37.3 Å². The number of nitrogens with zero attached hydrogens (tertiary/aromatic N) is 1. The number of ether oxygens (including phenoxy) is 4. The van der Waals surface area contributed by atoms with Gasteiger partial charge >= 0.3 is 6.03 Å². The Balaban J connectivity index is 1.32. The van der Waals surface area contributed by atoms with E-state index >= 15 is 0 Å². The van der Waals surface area contributed by atoms with Gasteiger partial charge in [0.05, 0.1) is 11.0 Å². The molecule has 2 aliphatic heterocycles. The molecule has 1 spiro atoms. The molecule has 0 bridgehead atoms. The number of nitro groups is 1. The molecule has 0 unspecified atom stereocenters. The molecule has 4 rings (SSSR count). The molecule has 10 heteroatoms. The van der Waals surface area contributed by atoms with Crippen LogP contribution in [-0.2, 0) is 18.9 Å². The molecule has 212 valence electrons. The maximum atomic E-state index is 12.7. The van der Waals surface area contributed by atoms with Crippen LogP contribution in [0.15, 0.2) is 24.3 Å². The molecule has 3 fully saturated rings. The van der Waals surface area contributed by atoms with Gasteiger partial charge in [0.25, 0.3) is 5.69 Å². The Morgan fingerprint density at radius 3 is 2.45 bits per heavy atom. The predicted molar refractivity (Wildman–Crippen MR) is 143 cm³/mol. The van der Waals surface area contributed by atoms with Crippen molar-refractivity contribution in [3.8, 4) is 0 Å². The van der Waals surface area contributed by atoms with E-state index in [1.165, 1.54) is 62.8 Å². The number of nitrogens with one attached hydrogen (secondary N) is 2. The fourth-order valence-electron chi connectivity index (χ4n) is 5.68. The zero-order chi connectivity index (χ0) is 27.0. The van der Waals surface area contributed by atoms with Crippen molar-refractivity contribution in [2.24, 2.45) is 0 Å². The van der Waals surface area contributed by atoms with Gasteiger partial charge < -0.3 is 29.6 Å². The summed E-state index contributed by atoms with van der Waals surface area (Å²) >= 11 is 0. The molecule has 10 nitrogen and oxygen atoms in total. The molecule has 1 aromatic carbocycles. The highest BCUT2D eigenvalue weighted by Gasteiger charge is 2.59. The van der Waals surface area contributed by atoms with Crippen LogP contribution in [0.2, 0.25) is 0 Å². The van der Waals surface area contributed by atoms with Crippen molar-refractivity contribution in [2.45, 2.75) is 127 Å². The zero-order valence-corrected chi connectivity index (χ0v) is 22.7. The fraction of sp³-hybridized carbons (Fsp3) is 0.750. The summed E-state index contributed by atoms with van der Waals surface area (Å²) in [6, 6.07) is 4.89. The first-order valence-corrected chi connectivity index (χ1v) is 14.4. The van der Waals surface area contributed by atoms with Crippen LogP contribution in [0.4, 0.5) is 16.2 Å². The number of unbranched alkanes of at least 4 members (excludes halogenated alkanes) is 6. The van der Waals surface area contributed by atoms with E-state index in [1.807, 2.05) is 6.92 Å². The summed E-state index contributed by atoms with van der Waals surface area (Å²) in [5, 5.41) is 16.5. The van der Waals surface area contributed by atoms with E-state index in [4.69, 9.17) is 18.9 Å². The topological polar surface area (TPSA) is 121 Å². The maximum Gasteiger partial charge on any atom is 0.319 e. The number of anilines is 1. The highest BCUT2D eigenvalue weighted by Crippen LogP contribution is 2.46. The molecule has 1 aromatic rings. The van der Waals surface area contributed by atoms with Gasteiger partial charge in [-0.3, -0.25) is 10.1 Å². The molecule has 2 heterocycles. The number of rotatable bonds is 13. The average Bonchev–Trinajstić information content (AvgIpc) is 3.40. The van der Waals surface area contributed by atoms with Gasteiger partial charge in [-0.2, -0.15) is 0 Å². The molecular weight excluding hydrogens is 490 g/mol. The van der Waals surface area contributed by atoms with Gasteiger partial charge in [-0.25, -0.2) is 4.79 Å². The second-order valence-electron chi connectivity index (χ2n) is 10.8. The standard InChI is InChI=1S/C28H43N3O7/c1-3-4-5-6-7-8-12-19-35-24-23(36-26-25(24)37-28(38-26)17-10-9-11-18-28)20(2)29-27(32)30-21-13-15-22(16-14-21)31(33)34/h13-16,20,23-26H,3-12,17-19H2,1-2H3,(H2,29,30,32)/t20-,23+,24-,25+,26+/m0/s1. The van der Waals surface area contributed by atoms with E-state index in [1.54, 1.807) is 0 Å². The summed E-state index contributed by atoms with van der Waals surface area (Å²) in [5.41, 5.74) is 0.425. The number of carbonyl (C=O) groups excluding carboxylic acids is 1. The lowest BCUT2D eigenvalue weighted by atomic mass is 9.94. The van der Waals surface area contributed by atoms with Crippen LogP contribution in [0.3, 0.4) is 0 Å². The highest BCUT2D eigenvalue weighted by atomic mass is 16.8. The molecule has 1 saturated carbocycles. The van der Waals surface area contributed by atoms with Gasteiger partial charge in [0.2, 0.25) is 0 Å². The number of carbonyl (C=O) groups is 1. The first kappa shape index (κ1) is 28.7. The molecule has 0 aromatic heterocycles. The summed E-state index contributed by atoms with van der Waals surface area (Å²) in [6.07, 6.45) is 11.9. The summed E-state index contributed by atoms with van der Waals surface area (Å²) in [4.78, 5) is 23.1. The third-order valence-corrected chi connectivity index (χ3v) is 7.75. The summed E-state index contributed by atoms with van der Waals surface area (Å²) in [6.45, 7) is 4.71. The monoisotopic (exact) mass is 533 g/mol. The van der Waals surface area contributed by atoms with E-state index in [9.17, 15) is 14.9 Å². The normalized spacial score (nSPS) is 26.7. The molecule has 5 atom stereocenters. The van der Waals surface area contributed by atoms with E-state index in [-0.39, 0.29) is 23.9 Å². The molecule has 38 heavy (non-hydrogen) atoms. The van der Waals surface area contributed by atoms with Crippen molar-refractivity contribution in [1.29, 1.82) is 0 Å². The van der Waals surface area contributed by atoms with Crippen LogP contribution in [0.5, 0.6) is 0 Å². The zero-order valence-electron chi connectivity index (χ0n) is 22.7. The minimum Gasteiger partial charge on any atom is -0.372 e. The van der Waals surface area contributed by atoms with Gasteiger partial charge in [-0.15, -0.1) is 0 Å². The number of hydrogen-bond acceptors (Lipinski definition) is 7. The number of benzene rings is 1. The number of urea groups is 1. The first-order valence-electron chi connectivity index (χ1n) is 14.4. The summed E-state index contributed by atoms with van der Waals surface area (Å²) in [7, 11) is 0. The quantitative estimate of drug-likeness (QED) is 0.180. The van der Waals surface area contributed by atoms with Crippen molar-refractivity contribution >= 4 is 17.4 Å². The van der Waals surface area contributed by atoms with Gasteiger partial charge in [-0.1, -0.05) is 51.9 Å². The van der Waals surface area contributed by atoms with E-state index in [2.05, 4.69) is 17.6 Å². The number of non-ortho nitro benzene ring substituents is 1. The lowest BCUT2D eigenvalue weighted by Gasteiger charge is -2.35. The molecule has 0 radical (unpaired) electrons. The molecule has 2 saturated heterocycles. The smallest absolute Gasteiger partial charge is 0.319 e. The third kappa shape index (κ3) is 7.43. The van der Waals surface area contributed by atoms with Crippen molar-refractivity contribution in [1.82, 2.24) is 5.32 Å². The van der Waals surface area contributed by atoms with Crippen LogP contribution in [0.25, 0.3) is 0 Å². The molecule has 3 aliphatic rings. The Hall–Kier alpha value is -2.27. The Morgan fingerprint density at radius 1 is 1.08 bits per heavy atom. The van der Waals surface area contributed by atoms with Gasteiger partial charge in [0.15, 0.2) is 12.1 Å². The van der Waals surface area contributed by atoms with Crippen molar-refractivity contribution < 1.29 is 28.7 Å². The highest BCUT2D eigenvalue weighted by molar-refractivity contribution is 5.89. The Bertz CT molecular complexity index is 906. The van der Waals surface area contributed by atoms with Crippen LogP contribution >= 0.6 is 0 Å². The number of hydrogen-bond donors (Lipinski definition) is 2. The third-order valence-electron chi connectivity index (χ3n) is 7.75. The lowest BCUT2D eigenvalue weighted by molar-refractivity contribution is -0.384. The second-order valence-corrected chi connectivity index (χ2v) is 10.8. The van der Waals surface area contributed by atoms with Crippen LogP contribution < -0.4 is 10.6 Å². The van der Waals surface area contributed by atoms with Crippen LogP contribution in [0, 0.1) is 10.1 Å². The molecular formula is C28H43N3O7. The predicted octanol–water partition coefficient (Wildman–Crippen LogP) is 6.04. The SMILES string of the molecule is CCCCCCCCCO[C@@H]1[C@H]2OC3(CCCCC3)O[C@H]2O[C@@H]1[C@H](C)NC(=O)Nc1ccc([N+](=O)[O-])cc1. The minimum atomic E-state index is -0.580. The fourth-order valence-corrected chi connectivity index (χ4v) is 5.68.